The fourth-order valence-corrected chi connectivity index (χ4v) is 2.58. The van der Waals surface area contributed by atoms with Gasteiger partial charge in [-0.05, 0) is 17.2 Å². The Kier molecular flexibility index (Phi) is 1.64. The van der Waals surface area contributed by atoms with Gasteiger partial charge >= 0.3 is 0 Å². The molecule has 0 amide bonds. The second-order valence-electron chi connectivity index (χ2n) is 4.34. The van der Waals surface area contributed by atoms with E-state index in [2.05, 4.69) is 0 Å². The van der Waals surface area contributed by atoms with E-state index in [0.29, 0.717) is 22.5 Å². The van der Waals surface area contributed by atoms with E-state index in [0.717, 1.165) is 17.2 Å². The summed E-state index contributed by atoms with van der Waals surface area (Å²) in [6, 6.07) is 11.8. The Morgan fingerprint density at radius 2 is 1.78 bits per heavy atom. The molecule has 2 nitrogen and oxygen atoms in total. The van der Waals surface area contributed by atoms with Crippen molar-refractivity contribution in [3.8, 4) is 22.5 Å². The first-order valence-corrected chi connectivity index (χ1v) is 5.62. The third kappa shape index (κ3) is 1.03. The summed E-state index contributed by atoms with van der Waals surface area (Å²) in [4.78, 5) is 12.3. The van der Waals surface area contributed by atoms with E-state index in [9.17, 15) is 9.18 Å². The van der Waals surface area contributed by atoms with Gasteiger partial charge in [0.1, 0.15) is 5.76 Å². The van der Waals surface area contributed by atoms with Gasteiger partial charge in [-0.1, -0.05) is 30.3 Å². The van der Waals surface area contributed by atoms with Crippen LogP contribution in [0.5, 0.6) is 0 Å². The van der Waals surface area contributed by atoms with Crippen LogP contribution in [-0.4, -0.2) is 5.78 Å². The molecule has 0 bridgehead atoms. The van der Waals surface area contributed by atoms with Crippen LogP contribution in [0.4, 0.5) is 4.39 Å². The molecule has 0 spiro atoms. The maximum atomic E-state index is 13.1. The van der Waals surface area contributed by atoms with E-state index >= 15 is 0 Å². The summed E-state index contributed by atoms with van der Waals surface area (Å²) < 4.78 is 18.1. The molecule has 0 fully saturated rings. The Bertz CT molecular complexity index is 770. The molecule has 0 radical (unpaired) electrons. The highest BCUT2D eigenvalue weighted by molar-refractivity contribution is 6.25. The van der Waals surface area contributed by atoms with Crippen LogP contribution >= 0.6 is 0 Å². The minimum Gasteiger partial charge on any atom is -0.430 e. The van der Waals surface area contributed by atoms with Crippen molar-refractivity contribution >= 4 is 5.78 Å². The SMILES string of the molecule is O=C1c2cc(F)oc2-c2cc3cccccc-3c21. The fourth-order valence-electron chi connectivity index (χ4n) is 2.58. The second kappa shape index (κ2) is 3.07. The molecule has 1 aromatic heterocycles. The van der Waals surface area contributed by atoms with Crippen LogP contribution in [0.15, 0.2) is 46.9 Å². The lowest BCUT2D eigenvalue weighted by molar-refractivity contribution is 0.104. The Hall–Kier alpha value is -2.42. The summed E-state index contributed by atoms with van der Waals surface area (Å²) in [5.74, 6) is 0.195. The highest BCUT2D eigenvalue weighted by Gasteiger charge is 2.35. The van der Waals surface area contributed by atoms with Crippen LogP contribution in [0.25, 0.3) is 22.5 Å². The van der Waals surface area contributed by atoms with Gasteiger partial charge in [0.2, 0.25) is 0 Å². The highest BCUT2D eigenvalue weighted by Crippen LogP contribution is 2.46. The molecule has 1 aromatic rings. The van der Waals surface area contributed by atoms with Gasteiger partial charge in [-0.3, -0.25) is 4.79 Å². The average Bonchev–Trinajstić information content (AvgIpc) is 2.89. The standard InChI is InChI=1S/C15H7FO2/c16-12-7-11-14(17)13-9-5-3-1-2-4-8(9)6-10(13)15(11)18-12/h1-7H. The van der Waals surface area contributed by atoms with Gasteiger partial charge in [0, 0.05) is 17.2 Å². The topological polar surface area (TPSA) is 30.2 Å². The number of hydrogen-bond donors (Lipinski definition) is 0. The number of fused-ring (bicyclic) bond motifs is 5. The molecular formula is C15H7FO2. The van der Waals surface area contributed by atoms with Crippen LogP contribution in [0.1, 0.15) is 15.9 Å². The highest BCUT2D eigenvalue weighted by atomic mass is 19.1. The summed E-state index contributed by atoms with van der Waals surface area (Å²) in [5, 5.41) is 0. The van der Waals surface area contributed by atoms with E-state index in [1.165, 1.54) is 0 Å². The van der Waals surface area contributed by atoms with E-state index < -0.39 is 6.01 Å². The number of carbonyl (C=O) groups excluding carboxylic acids is 1. The number of halogens is 1. The van der Waals surface area contributed by atoms with Crippen molar-refractivity contribution in [3.05, 3.63) is 59.6 Å². The first-order chi connectivity index (χ1) is 8.75. The van der Waals surface area contributed by atoms with Crippen molar-refractivity contribution < 1.29 is 13.6 Å². The van der Waals surface area contributed by atoms with Gasteiger partial charge in [0.25, 0.3) is 6.01 Å². The normalized spacial score (nSPS) is 12.8. The van der Waals surface area contributed by atoms with E-state index in [1.54, 1.807) is 0 Å². The predicted molar refractivity (Wildman–Crippen MR) is 64.2 cm³/mol. The number of carbonyl (C=O) groups is 1. The molecule has 0 atom stereocenters. The molecule has 0 unspecified atom stereocenters. The molecule has 0 saturated carbocycles. The van der Waals surface area contributed by atoms with Crippen LogP contribution in [0.3, 0.4) is 0 Å². The second-order valence-corrected chi connectivity index (χ2v) is 4.34. The molecule has 86 valence electrons. The number of furan rings is 1. The molecule has 3 aliphatic rings. The maximum Gasteiger partial charge on any atom is 0.279 e. The van der Waals surface area contributed by atoms with Gasteiger partial charge in [0.05, 0.1) is 5.56 Å². The van der Waals surface area contributed by atoms with Crippen molar-refractivity contribution in [1.29, 1.82) is 0 Å². The third-order valence-electron chi connectivity index (χ3n) is 3.33. The van der Waals surface area contributed by atoms with Crippen LogP contribution in [0, 0.1) is 6.01 Å². The summed E-state index contributed by atoms with van der Waals surface area (Å²) in [6.45, 7) is 0. The Morgan fingerprint density at radius 1 is 0.944 bits per heavy atom. The fraction of sp³-hybridized carbons (Fsp3) is 0. The Labute approximate surface area is 102 Å². The molecule has 18 heavy (non-hydrogen) atoms. The van der Waals surface area contributed by atoms with E-state index in [-0.39, 0.29) is 5.78 Å². The number of rotatable bonds is 0. The van der Waals surface area contributed by atoms with E-state index in [1.807, 2.05) is 36.4 Å². The average molecular weight is 238 g/mol. The lowest BCUT2D eigenvalue weighted by Gasteiger charge is -1.95. The maximum absolute atomic E-state index is 13.1. The minimum atomic E-state index is -0.713. The first kappa shape index (κ1) is 9.59. The van der Waals surface area contributed by atoms with Crippen molar-refractivity contribution in [2.24, 2.45) is 0 Å². The third-order valence-corrected chi connectivity index (χ3v) is 3.33. The summed E-state index contributed by atoms with van der Waals surface area (Å²) >= 11 is 0. The molecule has 4 rings (SSSR count). The number of ketones is 1. The molecule has 0 saturated heterocycles. The first-order valence-electron chi connectivity index (χ1n) is 5.62. The quantitative estimate of drug-likeness (QED) is 0.467. The van der Waals surface area contributed by atoms with Gasteiger partial charge < -0.3 is 4.42 Å². The molecule has 0 aliphatic heterocycles. The van der Waals surface area contributed by atoms with Crippen molar-refractivity contribution in [1.82, 2.24) is 0 Å². The monoisotopic (exact) mass is 238 g/mol. The summed E-state index contributed by atoms with van der Waals surface area (Å²) in [6.07, 6.45) is 0. The van der Waals surface area contributed by atoms with Crippen molar-refractivity contribution in [2.45, 2.75) is 0 Å². The lowest BCUT2D eigenvalue weighted by atomic mass is 10.1. The minimum absolute atomic E-state index is 0.158. The van der Waals surface area contributed by atoms with Gasteiger partial charge in [-0.15, -0.1) is 0 Å². The van der Waals surface area contributed by atoms with Gasteiger partial charge in [0.15, 0.2) is 5.78 Å². The largest absolute Gasteiger partial charge is 0.430 e. The lowest BCUT2D eigenvalue weighted by Crippen LogP contribution is -1.94. The molecule has 3 heteroatoms. The van der Waals surface area contributed by atoms with Crippen LogP contribution < -0.4 is 0 Å². The Morgan fingerprint density at radius 3 is 2.67 bits per heavy atom. The van der Waals surface area contributed by atoms with Crippen molar-refractivity contribution in [3.63, 3.8) is 0 Å². The van der Waals surface area contributed by atoms with Crippen LogP contribution in [0.2, 0.25) is 0 Å². The molecule has 0 N–H and O–H groups in total. The molecule has 0 aromatic carbocycles. The number of hydrogen-bond acceptors (Lipinski definition) is 2. The summed E-state index contributed by atoms with van der Waals surface area (Å²) in [5.41, 5.74) is 3.48. The molecule has 3 aliphatic carbocycles. The predicted octanol–water partition coefficient (Wildman–Crippen LogP) is 3.73. The summed E-state index contributed by atoms with van der Waals surface area (Å²) in [7, 11) is 0. The zero-order chi connectivity index (χ0) is 12.3. The van der Waals surface area contributed by atoms with Crippen molar-refractivity contribution in [2.75, 3.05) is 0 Å². The molecule has 1 heterocycles. The van der Waals surface area contributed by atoms with Gasteiger partial charge in [-0.25, -0.2) is 0 Å². The van der Waals surface area contributed by atoms with Gasteiger partial charge in [-0.2, -0.15) is 4.39 Å². The zero-order valence-electron chi connectivity index (χ0n) is 9.24. The molecular weight excluding hydrogens is 231 g/mol. The smallest absolute Gasteiger partial charge is 0.279 e. The zero-order valence-corrected chi connectivity index (χ0v) is 9.24. The Balaban J connectivity index is 2.13. The van der Waals surface area contributed by atoms with Crippen LogP contribution in [-0.2, 0) is 0 Å². The van der Waals surface area contributed by atoms with E-state index in [4.69, 9.17) is 4.42 Å².